The van der Waals surface area contributed by atoms with Crippen molar-refractivity contribution in [2.75, 3.05) is 20.2 Å². The normalized spacial score (nSPS) is 19.3. The average molecular weight is 319 g/mol. The molecule has 0 spiro atoms. The number of nitrogens with zero attached hydrogens (tertiary/aromatic N) is 1. The summed E-state index contributed by atoms with van der Waals surface area (Å²) < 4.78 is 10.8. The third-order valence-electron chi connectivity index (χ3n) is 4.03. The maximum Gasteiger partial charge on any atom is 0.410 e. The van der Waals surface area contributed by atoms with Gasteiger partial charge < -0.3 is 19.2 Å². The first-order chi connectivity index (χ1) is 10.9. The minimum Gasteiger partial charge on any atom is -0.496 e. The van der Waals surface area contributed by atoms with E-state index in [1.54, 1.807) is 12.0 Å². The van der Waals surface area contributed by atoms with E-state index in [0.717, 1.165) is 18.3 Å². The Morgan fingerprint density at radius 3 is 2.65 bits per heavy atom. The van der Waals surface area contributed by atoms with Crippen LogP contribution in [-0.4, -0.2) is 43.1 Å². The molecule has 0 N–H and O–H groups in total. The zero-order valence-corrected chi connectivity index (χ0v) is 14.2. The van der Waals surface area contributed by atoms with Gasteiger partial charge in [-0.05, 0) is 39.2 Å². The van der Waals surface area contributed by atoms with Crippen LogP contribution in [-0.2, 0) is 9.53 Å². The Bertz CT molecular complexity index is 564. The predicted molar refractivity (Wildman–Crippen MR) is 87.7 cm³/mol. The quantitative estimate of drug-likeness (QED) is 0.800. The van der Waals surface area contributed by atoms with Crippen molar-refractivity contribution in [2.45, 2.75) is 38.7 Å². The Balaban J connectivity index is 2.10. The maximum atomic E-state index is 12.2. The van der Waals surface area contributed by atoms with Crippen molar-refractivity contribution < 1.29 is 19.1 Å². The first-order valence-electron chi connectivity index (χ1n) is 7.92. The summed E-state index contributed by atoms with van der Waals surface area (Å²) in [4.78, 5) is 25.5. The fraction of sp³-hybridized carbons (Fsp3) is 0.556. The molecule has 0 aliphatic carbocycles. The molecule has 0 aromatic heterocycles. The monoisotopic (exact) mass is 319 g/mol. The highest BCUT2D eigenvalue weighted by atomic mass is 16.6. The van der Waals surface area contributed by atoms with Crippen LogP contribution in [0.2, 0.25) is 0 Å². The summed E-state index contributed by atoms with van der Waals surface area (Å²) in [7, 11) is 1.60. The van der Waals surface area contributed by atoms with E-state index < -0.39 is 5.60 Å². The van der Waals surface area contributed by atoms with E-state index in [9.17, 15) is 9.59 Å². The molecule has 0 radical (unpaired) electrons. The van der Waals surface area contributed by atoms with Crippen LogP contribution in [0.4, 0.5) is 4.79 Å². The molecule has 1 aliphatic heterocycles. The fourth-order valence-electron chi connectivity index (χ4n) is 2.95. The Hall–Kier alpha value is -2.04. The van der Waals surface area contributed by atoms with Crippen LogP contribution in [0.1, 0.15) is 38.7 Å². The van der Waals surface area contributed by atoms with E-state index in [2.05, 4.69) is 0 Å². The van der Waals surface area contributed by atoms with Gasteiger partial charge in [-0.1, -0.05) is 18.2 Å². The molecule has 2 unspecified atom stereocenters. The van der Waals surface area contributed by atoms with Crippen molar-refractivity contribution >= 4 is 12.4 Å². The minimum absolute atomic E-state index is 0.0799. The number of benzene rings is 1. The highest BCUT2D eigenvalue weighted by Crippen LogP contribution is 2.35. The molecule has 1 aromatic carbocycles. The van der Waals surface area contributed by atoms with Gasteiger partial charge in [0.2, 0.25) is 0 Å². The molecule has 5 heteroatoms. The first-order valence-corrected chi connectivity index (χ1v) is 7.92. The summed E-state index contributed by atoms with van der Waals surface area (Å²) in [6.45, 7) is 6.68. The van der Waals surface area contributed by atoms with Gasteiger partial charge in [0.25, 0.3) is 0 Å². The number of rotatable bonds is 4. The lowest BCUT2D eigenvalue weighted by atomic mass is 9.86. The van der Waals surface area contributed by atoms with Gasteiger partial charge in [-0.15, -0.1) is 0 Å². The average Bonchev–Trinajstić information content (AvgIpc) is 2.97. The molecular weight excluding hydrogens is 294 g/mol. The third-order valence-corrected chi connectivity index (χ3v) is 4.03. The van der Waals surface area contributed by atoms with E-state index >= 15 is 0 Å². The number of hydrogen-bond acceptors (Lipinski definition) is 4. The Morgan fingerprint density at radius 1 is 1.35 bits per heavy atom. The highest BCUT2D eigenvalue weighted by Gasteiger charge is 2.35. The van der Waals surface area contributed by atoms with Gasteiger partial charge in [-0.25, -0.2) is 4.79 Å². The second-order valence-electron chi connectivity index (χ2n) is 6.88. The minimum atomic E-state index is -0.512. The fourth-order valence-corrected chi connectivity index (χ4v) is 2.95. The van der Waals surface area contributed by atoms with Gasteiger partial charge in [-0.3, -0.25) is 0 Å². The molecule has 1 amide bonds. The van der Waals surface area contributed by atoms with Gasteiger partial charge >= 0.3 is 6.09 Å². The maximum absolute atomic E-state index is 12.2. The number of methoxy groups -OCH3 is 1. The topological polar surface area (TPSA) is 55.8 Å². The summed E-state index contributed by atoms with van der Waals surface area (Å²) >= 11 is 0. The van der Waals surface area contributed by atoms with Crippen LogP contribution in [0.25, 0.3) is 0 Å². The first kappa shape index (κ1) is 17.3. The Kier molecular flexibility index (Phi) is 5.29. The van der Waals surface area contributed by atoms with Crippen LogP contribution in [0, 0.1) is 5.92 Å². The van der Waals surface area contributed by atoms with Crippen LogP contribution in [0.15, 0.2) is 24.3 Å². The van der Waals surface area contributed by atoms with Gasteiger partial charge in [0.1, 0.15) is 17.6 Å². The van der Waals surface area contributed by atoms with Crippen molar-refractivity contribution in [1.82, 2.24) is 4.90 Å². The molecule has 0 bridgehead atoms. The van der Waals surface area contributed by atoms with Gasteiger partial charge in [0.15, 0.2) is 0 Å². The molecule has 1 aromatic rings. The van der Waals surface area contributed by atoms with Crippen LogP contribution < -0.4 is 4.74 Å². The number of amides is 1. The lowest BCUT2D eigenvalue weighted by molar-refractivity contribution is -0.110. The smallest absolute Gasteiger partial charge is 0.410 e. The number of hydrogen-bond donors (Lipinski definition) is 0. The Morgan fingerprint density at radius 2 is 2.04 bits per heavy atom. The highest BCUT2D eigenvalue weighted by molar-refractivity contribution is 5.69. The third kappa shape index (κ3) is 4.24. The summed E-state index contributed by atoms with van der Waals surface area (Å²) in [5.74, 6) is 0.509. The number of carbonyl (C=O) groups excluding carboxylic acids is 2. The Labute approximate surface area is 137 Å². The van der Waals surface area contributed by atoms with E-state index in [1.807, 2.05) is 45.0 Å². The largest absolute Gasteiger partial charge is 0.496 e. The molecule has 2 rings (SSSR count). The second-order valence-corrected chi connectivity index (χ2v) is 6.88. The molecule has 126 valence electrons. The number of para-hydroxylation sites is 1. The van der Waals surface area contributed by atoms with Gasteiger partial charge in [0.05, 0.1) is 7.11 Å². The molecule has 1 aliphatic rings. The zero-order valence-electron chi connectivity index (χ0n) is 14.2. The zero-order chi connectivity index (χ0) is 17.0. The summed E-state index contributed by atoms with van der Waals surface area (Å²) in [6, 6.07) is 7.54. The lowest BCUT2D eigenvalue weighted by Gasteiger charge is -2.25. The molecule has 23 heavy (non-hydrogen) atoms. The van der Waals surface area contributed by atoms with Crippen molar-refractivity contribution in [3.63, 3.8) is 0 Å². The second kappa shape index (κ2) is 7.02. The predicted octanol–water partition coefficient (Wildman–Crippen LogP) is 3.23. The van der Waals surface area contributed by atoms with Crippen LogP contribution >= 0.6 is 0 Å². The van der Waals surface area contributed by atoms with Crippen molar-refractivity contribution in [1.29, 1.82) is 0 Å². The number of aldehydes is 1. The van der Waals surface area contributed by atoms with E-state index in [1.165, 1.54) is 0 Å². The number of carbonyl (C=O) groups is 2. The molecule has 0 saturated carbocycles. The SMILES string of the molecule is COc1ccccc1C(C=O)C1CCN(C(=O)OC(C)(C)C)C1. The van der Waals surface area contributed by atoms with Gasteiger partial charge in [-0.2, -0.15) is 0 Å². The lowest BCUT2D eigenvalue weighted by Crippen LogP contribution is -2.35. The van der Waals surface area contributed by atoms with Crippen molar-refractivity contribution in [3.8, 4) is 5.75 Å². The van der Waals surface area contributed by atoms with Crippen molar-refractivity contribution in [2.24, 2.45) is 5.92 Å². The van der Waals surface area contributed by atoms with Crippen LogP contribution in [0.5, 0.6) is 5.75 Å². The molecule has 2 atom stereocenters. The summed E-state index contributed by atoms with van der Waals surface area (Å²) in [6.07, 6.45) is 1.42. The molecule has 5 nitrogen and oxygen atoms in total. The molecule has 1 saturated heterocycles. The van der Waals surface area contributed by atoms with Crippen LogP contribution in [0.3, 0.4) is 0 Å². The standard InChI is InChI=1S/C18H25NO4/c1-18(2,3)23-17(21)19-10-9-13(11-19)15(12-20)14-7-5-6-8-16(14)22-4/h5-8,12-13,15H,9-11H2,1-4H3. The molecular formula is C18H25NO4. The number of ether oxygens (including phenoxy) is 2. The number of likely N-dealkylation sites (tertiary alicyclic amines) is 1. The van der Waals surface area contributed by atoms with E-state index in [-0.39, 0.29) is 17.9 Å². The summed E-state index contributed by atoms with van der Waals surface area (Å²) in [5, 5.41) is 0. The van der Waals surface area contributed by atoms with Crippen molar-refractivity contribution in [3.05, 3.63) is 29.8 Å². The van der Waals surface area contributed by atoms with E-state index in [4.69, 9.17) is 9.47 Å². The molecule has 1 fully saturated rings. The van der Waals surface area contributed by atoms with Gasteiger partial charge in [0, 0.05) is 24.6 Å². The summed E-state index contributed by atoms with van der Waals surface area (Å²) in [5.41, 5.74) is 0.364. The molecule has 1 heterocycles. The van der Waals surface area contributed by atoms with E-state index in [0.29, 0.717) is 18.8 Å².